The second-order valence-electron chi connectivity index (χ2n) is 3.93. The predicted molar refractivity (Wildman–Crippen MR) is 74.0 cm³/mol. The molecule has 1 heterocycles. The van der Waals surface area contributed by atoms with Crippen LogP contribution in [0.15, 0.2) is 30.5 Å². The number of aromatic nitrogens is 1. The summed E-state index contributed by atoms with van der Waals surface area (Å²) in [6, 6.07) is 6.52. The molecule has 18 heavy (non-hydrogen) atoms. The molecule has 1 aromatic heterocycles. The lowest BCUT2D eigenvalue weighted by Crippen LogP contribution is -2.10. The molecule has 0 fully saturated rings. The van der Waals surface area contributed by atoms with Crippen molar-refractivity contribution in [1.29, 1.82) is 0 Å². The van der Waals surface area contributed by atoms with Crippen molar-refractivity contribution in [3.63, 3.8) is 0 Å². The number of nitrogens with one attached hydrogen (secondary N) is 1. The lowest BCUT2D eigenvalue weighted by atomic mass is 10.3. The van der Waals surface area contributed by atoms with Gasteiger partial charge in [-0.1, -0.05) is 13.0 Å². The monoisotopic (exact) mass is 265 g/mol. The Morgan fingerprint density at radius 1 is 1.44 bits per heavy atom. The number of benzene rings is 1. The molecule has 5 heteroatoms. The van der Waals surface area contributed by atoms with E-state index in [1.165, 1.54) is 17.0 Å². The first-order valence-corrected chi connectivity index (χ1v) is 6.67. The average Bonchev–Trinajstić information content (AvgIpc) is 2.84. The summed E-state index contributed by atoms with van der Waals surface area (Å²) < 4.78 is 13.2. The zero-order valence-electron chi connectivity index (χ0n) is 10.5. The minimum atomic E-state index is -0.233. The molecule has 1 aromatic carbocycles. The summed E-state index contributed by atoms with van der Waals surface area (Å²) >= 11 is 1.61. The van der Waals surface area contributed by atoms with Crippen molar-refractivity contribution in [3.05, 3.63) is 41.2 Å². The fourth-order valence-corrected chi connectivity index (χ4v) is 2.44. The van der Waals surface area contributed by atoms with E-state index in [1.54, 1.807) is 17.4 Å². The Bertz CT molecular complexity index is 512. The van der Waals surface area contributed by atoms with Crippen LogP contribution in [0.1, 0.15) is 11.8 Å². The number of thiazole rings is 1. The van der Waals surface area contributed by atoms with Crippen molar-refractivity contribution >= 4 is 22.2 Å². The van der Waals surface area contributed by atoms with E-state index in [1.807, 2.05) is 24.2 Å². The fraction of sp³-hybridized carbons (Fsp3) is 0.308. The van der Waals surface area contributed by atoms with Crippen LogP contribution >= 0.6 is 11.3 Å². The van der Waals surface area contributed by atoms with E-state index in [9.17, 15) is 4.39 Å². The number of nitrogens with zero attached hydrogens (tertiary/aromatic N) is 2. The molecule has 0 saturated heterocycles. The van der Waals surface area contributed by atoms with Crippen LogP contribution in [0, 0.1) is 5.82 Å². The lowest BCUT2D eigenvalue weighted by molar-refractivity contribution is 0.628. The van der Waals surface area contributed by atoms with Gasteiger partial charge in [-0.05, 0) is 24.7 Å². The van der Waals surface area contributed by atoms with E-state index in [0.29, 0.717) is 0 Å². The molecule has 0 atom stereocenters. The Balaban J connectivity index is 2.13. The maximum absolute atomic E-state index is 13.2. The highest BCUT2D eigenvalue weighted by atomic mass is 32.1. The predicted octanol–water partition coefficient (Wildman–Crippen LogP) is 3.16. The van der Waals surface area contributed by atoms with Crippen molar-refractivity contribution in [2.45, 2.75) is 13.5 Å². The molecule has 0 aliphatic rings. The highest BCUT2D eigenvalue weighted by Crippen LogP contribution is 2.28. The summed E-state index contributed by atoms with van der Waals surface area (Å²) in [6.45, 7) is 3.83. The normalized spacial score (nSPS) is 10.6. The van der Waals surface area contributed by atoms with E-state index in [-0.39, 0.29) is 5.82 Å². The van der Waals surface area contributed by atoms with Gasteiger partial charge in [0, 0.05) is 30.4 Å². The van der Waals surface area contributed by atoms with Gasteiger partial charge in [0.15, 0.2) is 5.13 Å². The van der Waals surface area contributed by atoms with Crippen molar-refractivity contribution in [2.24, 2.45) is 0 Å². The summed E-state index contributed by atoms with van der Waals surface area (Å²) in [5, 5.41) is 4.13. The van der Waals surface area contributed by atoms with Gasteiger partial charge in [0.25, 0.3) is 0 Å². The minimum Gasteiger partial charge on any atom is -0.321 e. The van der Waals surface area contributed by atoms with Crippen LogP contribution in [0.3, 0.4) is 0 Å². The standard InChI is InChI=1S/C13H16FN3S/c1-3-15-8-12-9-16-13(18-12)17(2)11-6-4-5-10(14)7-11/h4-7,9,15H,3,8H2,1-2H3. The molecule has 96 valence electrons. The molecule has 1 N–H and O–H groups in total. The average molecular weight is 265 g/mol. The third kappa shape index (κ3) is 3.05. The first-order valence-electron chi connectivity index (χ1n) is 5.85. The minimum absolute atomic E-state index is 0.233. The molecular weight excluding hydrogens is 249 g/mol. The maximum atomic E-state index is 13.2. The van der Waals surface area contributed by atoms with Crippen molar-refractivity contribution in [1.82, 2.24) is 10.3 Å². The molecule has 0 radical (unpaired) electrons. The van der Waals surface area contributed by atoms with Crippen LogP contribution in [0.25, 0.3) is 0 Å². The zero-order valence-corrected chi connectivity index (χ0v) is 11.3. The number of rotatable bonds is 5. The molecule has 0 aliphatic heterocycles. The molecule has 0 spiro atoms. The highest BCUT2D eigenvalue weighted by Gasteiger charge is 2.09. The smallest absolute Gasteiger partial charge is 0.189 e. The summed E-state index contributed by atoms with van der Waals surface area (Å²) in [5.74, 6) is -0.233. The van der Waals surface area contributed by atoms with Crippen LogP contribution in [0.5, 0.6) is 0 Å². The molecule has 0 saturated carbocycles. The van der Waals surface area contributed by atoms with Crippen molar-refractivity contribution < 1.29 is 4.39 Å². The molecule has 0 unspecified atom stereocenters. The van der Waals surface area contributed by atoms with E-state index >= 15 is 0 Å². The Morgan fingerprint density at radius 3 is 3.00 bits per heavy atom. The lowest BCUT2D eigenvalue weighted by Gasteiger charge is -2.15. The Hall–Kier alpha value is -1.46. The fourth-order valence-electron chi connectivity index (χ4n) is 1.58. The molecule has 0 aliphatic carbocycles. The van der Waals surface area contributed by atoms with E-state index < -0.39 is 0 Å². The second kappa shape index (κ2) is 5.93. The quantitative estimate of drug-likeness (QED) is 0.900. The Kier molecular flexibility index (Phi) is 4.28. The van der Waals surface area contributed by atoms with Crippen LogP contribution < -0.4 is 10.2 Å². The van der Waals surface area contributed by atoms with Gasteiger partial charge < -0.3 is 10.2 Å². The highest BCUT2D eigenvalue weighted by molar-refractivity contribution is 7.15. The first-order chi connectivity index (χ1) is 8.70. The molecule has 0 amide bonds. The number of halogens is 1. The van der Waals surface area contributed by atoms with Crippen LogP contribution in [0.4, 0.5) is 15.2 Å². The van der Waals surface area contributed by atoms with E-state index in [2.05, 4.69) is 17.2 Å². The van der Waals surface area contributed by atoms with E-state index in [4.69, 9.17) is 0 Å². The molecular formula is C13H16FN3S. The van der Waals surface area contributed by atoms with Gasteiger partial charge in [-0.25, -0.2) is 9.37 Å². The largest absolute Gasteiger partial charge is 0.321 e. The molecule has 2 rings (SSSR count). The van der Waals surface area contributed by atoms with Gasteiger partial charge in [0.1, 0.15) is 5.82 Å². The number of hydrogen-bond donors (Lipinski definition) is 1. The zero-order chi connectivity index (χ0) is 13.0. The van der Waals surface area contributed by atoms with Crippen LogP contribution in [-0.4, -0.2) is 18.6 Å². The van der Waals surface area contributed by atoms with Crippen LogP contribution in [0.2, 0.25) is 0 Å². The van der Waals surface area contributed by atoms with Gasteiger partial charge >= 0.3 is 0 Å². The summed E-state index contributed by atoms with van der Waals surface area (Å²) in [7, 11) is 1.89. The van der Waals surface area contributed by atoms with Gasteiger partial charge in [-0.3, -0.25) is 0 Å². The molecule has 0 bridgehead atoms. The van der Waals surface area contributed by atoms with Gasteiger partial charge in [0.2, 0.25) is 0 Å². The van der Waals surface area contributed by atoms with Gasteiger partial charge in [-0.2, -0.15) is 0 Å². The van der Waals surface area contributed by atoms with Crippen molar-refractivity contribution in [2.75, 3.05) is 18.5 Å². The van der Waals surface area contributed by atoms with Crippen LogP contribution in [-0.2, 0) is 6.54 Å². The Morgan fingerprint density at radius 2 is 2.28 bits per heavy atom. The summed E-state index contributed by atoms with van der Waals surface area (Å²) in [6.07, 6.45) is 1.86. The topological polar surface area (TPSA) is 28.2 Å². The Labute approximate surface area is 110 Å². The third-order valence-electron chi connectivity index (χ3n) is 2.57. The number of anilines is 2. The SMILES string of the molecule is CCNCc1cnc(N(C)c2cccc(F)c2)s1. The second-order valence-corrected chi connectivity index (χ2v) is 5.02. The third-order valence-corrected chi connectivity index (χ3v) is 3.65. The number of hydrogen-bond acceptors (Lipinski definition) is 4. The van der Waals surface area contributed by atoms with Crippen molar-refractivity contribution in [3.8, 4) is 0 Å². The molecule has 2 aromatic rings. The first kappa shape index (κ1) is 13.0. The summed E-state index contributed by atoms with van der Waals surface area (Å²) in [5.41, 5.74) is 0.805. The maximum Gasteiger partial charge on any atom is 0.189 e. The molecule has 3 nitrogen and oxygen atoms in total. The summed E-state index contributed by atoms with van der Waals surface area (Å²) in [4.78, 5) is 7.43. The van der Waals surface area contributed by atoms with Gasteiger partial charge in [0.05, 0.1) is 0 Å². The van der Waals surface area contributed by atoms with Gasteiger partial charge in [-0.15, -0.1) is 11.3 Å². The van der Waals surface area contributed by atoms with E-state index in [0.717, 1.165) is 23.9 Å².